The minimum atomic E-state index is -0.0563. The normalized spacial score (nSPS) is 18.0. The van der Waals surface area contributed by atoms with Crippen molar-refractivity contribution in [2.45, 2.75) is 32.4 Å². The van der Waals surface area contributed by atoms with Crippen LogP contribution in [0.2, 0.25) is 0 Å². The van der Waals surface area contributed by atoms with Crippen LogP contribution in [-0.2, 0) is 11.3 Å². The zero-order valence-corrected chi connectivity index (χ0v) is 12.9. The molecule has 1 saturated heterocycles. The molecular weight excluding hydrogens is 286 g/mol. The van der Waals surface area contributed by atoms with Crippen LogP contribution in [0.3, 0.4) is 0 Å². The fourth-order valence-corrected chi connectivity index (χ4v) is 3.25. The molecule has 0 aliphatic carbocycles. The Morgan fingerprint density at radius 1 is 1.48 bits per heavy atom. The highest BCUT2D eigenvalue weighted by atomic mass is 32.1. The summed E-state index contributed by atoms with van der Waals surface area (Å²) < 4.78 is 11.0. The molecule has 112 valence electrons. The number of hydrogen-bond acceptors (Lipinski definition) is 4. The number of furan rings is 1. The predicted octanol–water partition coefficient (Wildman–Crippen LogP) is 3.47. The SMILES string of the molecule is Cc1ccoc1C(=O)N(Cc1ccsc1)C[C@@H]1CCCO1. The van der Waals surface area contributed by atoms with E-state index in [0.717, 1.165) is 30.6 Å². The van der Waals surface area contributed by atoms with Crippen LogP contribution in [-0.4, -0.2) is 30.1 Å². The largest absolute Gasteiger partial charge is 0.459 e. The molecule has 0 spiro atoms. The van der Waals surface area contributed by atoms with E-state index in [1.807, 2.05) is 23.3 Å². The van der Waals surface area contributed by atoms with Crippen molar-refractivity contribution >= 4 is 17.2 Å². The Balaban J connectivity index is 1.77. The zero-order valence-electron chi connectivity index (χ0n) is 12.1. The van der Waals surface area contributed by atoms with Crippen LogP contribution in [0, 0.1) is 6.92 Å². The molecule has 1 fully saturated rings. The van der Waals surface area contributed by atoms with Crippen molar-refractivity contribution in [3.63, 3.8) is 0 Å². The molecule has 0 unspecified atom stereocenters. The molecular formula is C16H19NO3S. The van der Waals surface area contributed by atoms with Gasteiger partial charge in [0.15, 0.2) is 5.76 Å². The minimum Gasteiger partial charge on any atom is -0.459 e. The molecule has 3 rings (SSSR count). The summed E-state index contributed by atoms with van der Waals surface area (Å²) in [5.41, 5.74) is 2.03. The highest BCUT2D eigenvalue weighted by molar-refractivity contribution is 7.07. The second-order valence-corrected chi connectivity index (χ2v) is 6.17. The van der Waals surface area contributed by atoms with E-state index < -0.39 is 0 Å². The average molecular weight is 305 g/mol. The summed E-state index contributed by atoms with van der Waals surface area (Å²) in [7, 11) is 0. The smallest absolute Gasteiger partial charge is 0.290 e. The summed E-state index contributed by atoms with van der Waals surface area (Å²) in [6.07, 6.45) is 3.80. The molecule has 2 aromatic heterocycles. The minimum absolute atomic E-state index is 0.0563. The van der Waals surface area contributed by atoms with Gasteiger partial charge in [-0.25, -0.2) is 0 Å². The maximum Gasteiger partial charge on any atom is 0.290 e. The molecule has 0 N–H and O–H groups in total. The van der Waals surface area contributed by atoms with Crippen LogP contribution in [0.15, 0.2) is 33.6 Å². The Morgan fingerprint density at radius 2 is 2.38 bits per heavy atom. The van der Waals surface area contributed by atoms with E-state index in [1.54, 1.807) is 17.6 Å². The lowest BCUT2D eigenvalue weighted by atomic mass is 10.2. The summed E-state index contributed by atoms with van der Waals surface area (Å²) in [5.74, 6) is 0.377. The third-order valence-electron chi connectivity index (χ3n) is 3.75. The molecule has 0 bridgehead atoms. The van der Waals surface area contributed by atoms with Crippen LogP contribution in [0.1, 0.15) is 34.5 Å². The van der Waals surface area contributed by atoms with Gasteiger partial charge in [-0.3, -0.25) is 4.79 Å². The van der Waals surface area contributed by atoms with Gasteiger partial charge in [0.25, 0.3) is 5.91 Å². The predicted molar refractivity (Wildman–Crippen MR) is 81.5 cm³/mol. The van der Waals surface area contributed by atoms with Crippen molar-refractivity contribution < 1.29 is 13.9 Å². The Hall–Kier alpha value is -1.59. The van der Waals surface area contributed by atoms with E-state index >= 15 is 0 Å². The quantitative estimate of drug-likeness (QED) is 0.849. The molecule has 21 heavy (non-hydrogen) atoms. The van der Waals surface area contributed by atoms with Crippen molar-refractivity contribution in [3.05, 3.63) is 46.0 Å². The van der Waals surface area contributed by atoms with Crippen LogP contribution in [0.25, 0.3) is 0 Å². The number of thiophene rings is 1. The van der Waals surface area contributed by atoms with Gasteiger partial charge in [-0.1, -0.05) is 0 Å². The number of carbonyl (C=O) groups excluding carboxylic acids is 1. The summed E-state index contributed by atoms with van der Waals surface area (Å²) in [6.45, 7) is 3.91. The fraction of sp³-hybridized carbons (Fsp3) is 0.438. The van der Waals surface area contributed by atoms with Gasteiger partial charge in [0.2, 0.25) is 0 Å². The first-order chi connectivity index (χ1) is 10.2. The standard InChI is InChI=1S/C16H19NO3S/c1-12-4-7-20-15(12)16(18)17(9-13-5-8-21-11-13)10-14-3-2-6-19-14/h4-5,7-8,11,14H,2-3,6,9-10H2,1H3/t14-/m0/s1. The molecule has 4 nitrogen and oxygen atoms in total. The topological polar surface area (TPSA) is 42.7 Å². The van der Waals surface area contributed by atoms with Crippen LogP contribution in [0.5, 0.6) is 0 Å². The van der Waals surface area contributed by atoms with Gasteiger partial charge in [0.1, 0.15) is 0 Å². The first-order valence-corrected chi connectivity index (χ1v) is 8.14. The molecule has 0 radical (unpaired) electrons. The summed E-state index contributed by atoms with van der Waals surface area (Å²) >= 11 is 1.64. The van der Waals surface area contributed by atoms with Gasteiger partial charge in [0.05, 0.1) is 12.4 Å². The van der Waals surface area contributed by atoms with E-state index in [-0.39, 0.29) is 12.0 Å². The number of rotatable bonds is 5. The summed E-state index contributed by atoms with van der Waals surface area (Å²) in [4.78, 5) is 14.6. The Kier molecular flexibility index (Phi) is 4.41. The zero-order chi connectivity index (χ0) is 14.7. The molecule has 3 heterocycles. The number of carbonyl (C=O) groups is 1. The third kappa shape index (κ3) is 3.36. The average Bonchev–Trinajstić information content (AvgIpc) is 3.19. The van der Waals surface area contributed by atoms with Crippen LogP contribution in [0.4, 0.5) is 0 Å². The van der Waals surface area contributed by atoms with E-state index in [2.05, 4.69) is 11.4 Å². The number of ether oxygens (including phenoxy) is 1. The molecule has 5 heteroatoms. The summed E-state index contributed by atoms with van der Waals surface area (Å²) in [5, 5.41) is 4.10. The first-order valence-electron chi connectivity index (χ1n) is 7.20. The lowest BCUT2D eigenvalue weighted by Gasteiger charge is -2.24. The summed E-state index contributed by atoms with van der Waals surface area (Å²) in [6, 6.07) is 3.87. The molecule has 1 amide bonds. The van der Waals surface area contributed by atoms with Crippen molar-refractivity contribution in [3.8, 4) is 0 Å². The molecule has 2 aromatic rings. The lowest BCUT2D eigenvalue weighted by Crippen LogP contribution is -2.37. The van der Waals surface area contributed by atoms with E-state index in [1.165, 1.54) is 0 Å². The maximum atomic E-state index is 12.7. The van der Waals surface area contributed by atoms with Crippen molar-refractivity contribution in [1.82, 2.24) is 4.90 Å². The van der Waals surface area contributed by atoms with Gasteiger partial charge in [-0.2, -0.15) is 11.3 Å². The Labute approximate surface area is 128 Å². The lowest BCUT2D eigenvalue weighted by molar-refractivity contribution is 0.0483. The number of amides is 1. The van der Waals surface area contributed by atoms with Gasteiger partial charge < -0.3 is 14.1 Å². The maximum absolute atomic E-state index is 12.7. The fourth-order valence-electron chi connectivity index (χ4n) is 2.59. The number of aryl methyl sites for hydroxylation is 1. The van der Waals surface area contributed by atoms with Crippen molar-refractivity contribution in [2.24, 2.45) is 0 Å². The first kappa shape index (κ1) is 14.4. The second-order valence-electron chi connectivity index (χ2n) is 5.39. The molecule has 0 aromatic carbocycles. The highest BCUT2D eigenvalue weighted by Crippen LogP contribution is 2.20. The Bertz CT molecular complexity index is 584. The van der Waals surface area contributed by atoms with E-state index in [0.29, 0.717) is 18.8 Å². The number of hydrogen-bond donors (Lipinski definition) is 0. The third-order valence-corrected chi connectivity index (χ3v) is 4.48. The van der Waals surface area contributed by atoms with Gasteiger partial charge in [0, 0.05) is 25.3 Å². The Morgan fingerprint density at radius 3 is 3.00 bits per heavy atom. The monoisotopic (exact) mass is 305 g/mol. The van der Waals surface area contributed by atoms with Crippen molar-refractivity contribution in [1.29, 1.82) is 0 Å². The molecule has 1 atom stereocenters. The van der Waals surface area contributed by atoms with E-state index in [4.69, 9.17) is 9.15 Å². The van der Waals surface area contributed by atoms with Gasteiger partial charge >= 0.3 is 0 Å². The molecule has 1 aliphatic heterocycles. The highest BCUT2D eigenvalue weighted by Gasteiger charge is 2.26. The number of nitrogens with zero attached hydrogens (tertiary/aromatic N) is 1. The molecule has 1 aliphatic rings. The van der Waals surface area contributed by atoms with Crippen molar-refractivity contribution in [2.75, 3.05) is 13.2 Å². The van der Waals surface area contributed by atoms with Gasteiger partial charge in [-0.15, -0.1) is 0 Å². The second kappa shape index (κ2) is 6.45. The van der Waals surface area contributed by atoms with E-state index in [9.17, 15) is 4.79 Å². The molecule has 0 saturated carbocycles. The van der Waals surface area contributed by atoms with Crippen LogP contribution >= 0.6 is 11.3 Å². The van der Waals surface area contributed by atoms with Gasteiger partial charge in [-0.05, 0) is 48.2 Å². The van der Waals surface area contributed by atoms with Crippen LogP contribution < -0.4 is 0 Å².